The zero-order valence-corrected chi connectivity index (χ0v) is 69.4. The SMILES string of the molecule is CCCCCC/C=C\C=C/CCCCCCCC(=O)O[C@H](COC(=O)CCCCCCCCCC)COP(=O)(O)OC[C@H](O)COP(=O)(O)OC[C@@H](COC(=O)CCCCCCCCCCCCCCCCCCCCC)OC(=O)CCCCCCCCCCCCCCCCCCCCC(C)CC. The summed E-state index contributed by atoms with van der Waals surface area (Å²) >= 11 is 0. The van der Waals surface area contributed by atoms with Crippen LogP contribution in [0.15, 0.2) is 24.3 Å². The quantitative estimate of drug-likeness (QED) is 0.0169. The molecule has 0 amide bonds. The third-order valence-electron chi connectivity index (χ3n) is 19.8. The van der Waals surface area contributed by atoms with Crippen molar-refractivity contribution in [3.05, 3.63) is 24.3 Å². The van der Waals surface area contributed by atoms with Crippen molar-refractivity contribution in [3.63, 3.8) is 0 Å². The first kappa shape index (κ1) is 102. The van der Waals surface area contributed by atoms with Crippen LogP contribution >= 0.6 is 15.6 Å². The lowest BCUT2D eigenvalue weighted by molar-refractivity contribution is -0.161. The maximum Gasteiger partial charge on any atom is 0.472 e. The third-order valence-corrected chi connectivity index (χ3v) is 21.7. The van der Waals surface area contributed by atoms with Gasteiger partial charge in [0.25, 0.3) is 0 Å². The number of phosphoric ester groups is 2. The number of phosphoric acid groups is 2. The highest BCUT2D eigenvalue weighted by Gasteiger charge is 2.30. The lowest BCUT2D eigenvalue weighted by Gasteiger charge is -2.21. The Hall–Kier alpha value is -2.46. The summed E-state index contributed by atoms with van der Waals surface area (Å²) in [5, 5.41) is 10.6. The van der Waals surface area contributed by atoms with Crippen LogP contribution in [0, 0.1) is 5.92 Å². The van der Waals surface area contributed by atoms with Crippen LogP contribution in [0.25, 0.3) is 0 Å². The monoisotopic (exact) mass is 1520 g/mol. The summed E-state index contributed by atoms with van der Waals surface area (Å²) in [4.78, 5) is 73.0. The van der Waals surface area contributed by atoms with Crippen LogP contribution in [0.5, 0.6) is 0 Å². The number of allylic oxidation sites excluding steroid dienone is 4. The average molecular weight is 1520 g/mol. The molecule has 0 aliphatic rings. The minimum atomic E-state index is -4.97. The smallest absolute Gasteiger partial charge is 0.462 e. The Kier molecular flexibility index (Phi) is 75.4. The molecule has 0 aromatic carbocycles. The van der Waals surface area contributed by atoms with E-state index in [1.54, 1.807) is 0 Å². The van der Waals surface area contributed by atoms with Gasteiger partial charge in [0, 0.05) is 25.7 Å². The van der Waals surface area contributed by atoms with Gasteiger partial charge in [-0.3, -0.25) is 37.3 Å². The highest BCUT2D eigenvalue weighted by atomic mass is 31.2. The van der Waals surface area contributed by atoms with Gasteiger partial charge in [0.15, 0.2) is 12.2 Å². The van der Waals surface area contributed by atoms with Crippen molar-refractivity contribution in [2.24, 2.45) is 5.92 Å². The van der Waals surface area contributed by atoms with Crippen LogP contribution in [0.2, 0.25) is 0 Å². The van der Waals surface area contributed by atoms with Gasteiger partial charge in [-0.15, -0.1) is 0 Å². The first-order chi connectivity index (χ1) is 50.6. The van der Waals surface area contributed by atoms with Crippen molar-refractivity contribution in [2.75, 3.05) is 39.6 Å². The summed E-state index contributed by atoms with van der Waals surface area (Å²) in [6, 6.07) is 0. The van der Waals surface area contributed by atoms with E-state index in [1.165, 1.54) is 238 Å². The number of hydrogen-bond donors (Lipinski definition) is 3. The molecule has 0 fully saturated rings. The van der Waals surface area contributed by atoms with E-state index < -0.39 is 97.5 Å². The Balaban J connectivity index is 5.21. The highest BCUT2D eigenvalue weighted by molar-refractivity contribution is 7.47. The van der Waals surface area contributed by atoms with Gasteiger partial charge in [0.05, 0.1) is 26.4 Å². The molecule has 0 spiro atoms. The second kappa shape index (κ2) is 77.3. The molecular weight excluding hydrogens is 1350 g/mol. The fourth-order valence-electron chi connectivity index (χ4n) is 12.7. The van der Waals surface area contributed by atoms with Gasteiger partial charge in [0.1, 0.15) is 19.3 Å². The van der Waals surface area contributed by atoms with Gasteiger partial charge in [-0.1, -0.05) is 380 Å². The van der Waals surface area contributed by atoms with Crippen molar-refractivity contribution in [3.8, 4) is 0 Å². The van der Waals surface area contributed by atoms with Crippen molar-refractivity contribution in [2.45, 2.75) is 451 Å². The predicted octanol–water partition coefficient (Wildman–Crippen LogP) is 25.5. The van der Waals surface area contributed by atoms with Gasteiger partial charge >= 0.3 is 39.5 Å². The van der Waals surface area contributed by atoms with Gasteiger partial charge in [-0.25, -0.2) is 9.13 Å². The number of aliphatic hydroxyl groups excluding tert-OH is 1. The zero-order valence-electron chi connectivity index (χ0n) is 67.7. The zero-order chi connectivity index (χ0) is 76.2. The fourth-order valence-corrected chi connectivity index (χ4v) is 14.3. The second-order valence-corrected chi connectivity index (χ2v) is 33.0. The van der Waals surface area contributed by atoms with Gasteiger partial charge in [0.2, 0.25) is 0 Å². The Bertz CT molecular complexity index is 2080. The first-order valence-corrected chi connectivity index (χ1v) is 46.5. The molecular formula is C85H162O17P2. The standard InChI is InChI=1S/C85H162O17P2/c1-6-10-13-16-19-22-24-26-28-29-30-34-38-41-45-49-54-59-64-69-83(88)96-75-81(102-85(90)71-66-61-56-51-47-43-39-35-32-31-33-37-40-44-48-52-57-62-67-78(5)9-4)77-100-104(93,94)98-73-79(86)72-97-103(91,92)99-76-80(74-95-82(87)68-63-58-53-21-18-15-12-8-3)101-84(89)70-65-60-55-50-46-42-36-27-25-23-20-17-14-11-7-2/h23,25,27,36,78-81,86H,6-22,24,26,28-35,37-77H2,1-5H3,(H,91,92)(H,93,94)/b25-23-,36-27-/t78?,79-,80+,81+/m0/s1. The molecule has 0 saturated carbocycles. The molecule has 614 valence electrons. The van der Waals surface area contributed by atoms with E-state index in [1.807, 2.05) is 0 Å². The Morgan fingerprint density at radius 2 is 0.538 bits per heavy atom. The Labute approximate surface area is 637 Å². The summed E-state index contributed by atoms with van der Waals surface area (Å²) in [7, 11) is -9.93. The van der Waals surface area contributed by atoms with E-state index in [2.05, 4.69) is 58.9 Å². The number of aliphatic hydroxyl groups is 1. The molecule has 0 rings (SSSR count). The summed E-state index contributed by atoms with van der Waals surface area (Å²) in [6.07, 6.45) is 73.1. The fraction of sp³-hybridized carbons (Fsp3) is 0.906. The van der Waals surface area contributed by atoms with Crippen LogP contribution in [0.4, 0.5) is 0 Å². The van der Waals surface area contributed by atoms with E-state index >= 15 is 0 Å². The van der Waals surface area contributed by atoms with Crippen molar-refractivity contribution < 1.29 is 80.2 Å². The maximum atomic E-state index is 13.1. The number of rotatable bonds is 83. The van der Waals surface area contributed by atoms with Crippen LogP contribution < -0.4 is 0 Å². The van der Waals surface area contributed by atoms with Crippen molar-refractivity contribution >= 4 is 39.5 Å². The van der Waals surface area contributed by atoms with Gasteiger partial charge < -0.3 is 33.8 Å². The average Bonchev–Trinajstić information content (AvgIpc) is 0.904. The summed E-state index contributed by atoms with van der Waals surface area (Å²) < 4.78 is 68.7. The Morgan fingerprint density at radius 3 is 0.817 bits per heavy atom. The molecule has 6 atom stereocenters. The molecule has 17 nitrogen and oxygen atoms in total. The third kappa shape index (κ3) is 76.3. The molecule has 0 bridgehead atoms. The summed E-state index contributed by atoms with van der Waals surface area (Å²) in [5.74, 6) is -1.27. The minimum absolute atomic E-state index is 0.0853. The van der Waals surface area contributed by atoms with Crippen molar-refractivity contribution in [1.82, 2.24) is 0 Å². The first-order valence-electron chi connectivity index (χ1n) is 43.5. The van der Waals surface area contributed by atoms with Crippen LogP contribution in [-0.4, -0.2) is 96.7 Å². The van der Waals surface area contributed by atoms with E-state index in [4.69, 9.17) is 37.0 Å². The normalized spacial score (nSPS) is 14.2. The summed E-state index contributed by atoms with van der Waals surface area (Å²) in [6.45, 7) is 7.32. The molecule has 0 aliphatic carbocycles. The van der Waals surface area contributed by atoms with Crippen LogP contribution in [0.3, 0.4) is 0 Å². The van der Waals surface area contributed by atoms with Crippen molar-refractivity contribution in [1.29, 1.82) is 0 Å². The molecule has 19 heteroatoms. The second-order valence-electron chi connectivity index (χ2n) is 30.1. The topological polar surface area (TPSA) is 237 Å². The number of carbonyl (C=O) groups is 4. The molecule has 104 heavy (non-hydrogen) atoms. The van der Waals surface area contributed by atoms with Crippen LogP contribution in [-0.2, 0) is 65.4 Å². The number of carbonyl (C=O) groups excluding carboxylic acids is 4. The van der Waals surface area contributed by atoms with E-state index in [0.29, 0.717) is 25.7 Å². The summed E-state index contributed by atoms with van der Waals surface area (Å²) in [5.41, 5.74) is 0. The molecule has 0 radical (unpaired) electrons. The van der Waals surface area contributed by atoms with E-state index in [0.717, 1.165) is 115 Å². The minimum Gasteiger partial charge on any atom is -0.462 e. The number of hydrogen-bond acceptors (Lipinski definition) is 15. The lowest BCUT2D eigenvalue weighted by atomic mass is 9.99. The van der Waals surface area contributed by atoms with Gasteiger partial charge in [-0.05, 0) is 57.3 Å². The van der Waals surface area contributed by atoms with Crippen LogP contribution in [0.1, 0.15) is 433 Å². The molecule has 0 aromatic rings. The predicted molar refractivity (Wildman–Crippen MR) is 428 cm³/mol. The number of ether oxygens (including phenoxy) is 4. The van der Waals surface area contributed by atoms with E-state index in [9.17, 15) is 43.2 Å². The number of esters is 4. The van der Waals surface area contributed by atoms with E-state index in [-0.39, 0.29) is 25.7 Å². The maximum absolute atomic E-state index is 13.1. The molecule has 0 aromatic heterocycles. The molecule has 0 aliphatic heterocycles. The molecule has 3 unspecified atom stereocenters. The number of unbranched alkanes of at least 4 members (excludes halogenated alkanes) is 51. The molecule has 0 saturated heterocycles. The lowest BCUT2D eigenvalue weighted by Crippen LogP contribution is -2.30. The highest BCUT2D eigenvalue weighted by Crippen LogP contribution is 2.45. The largest absolute Gasteiger partial charge is 0.472 e. The molecule has 3 N–H and O–H groups in total. The Morgan fingerprint density at radius 1 is 0.308 bits per heavy atom. The van der Waals surface area contributed by atoms with Gasteiger partial charge in [-0.2, -0.15) is 0 Å². The molecule has 0 heterocycles.